The normalized spacial score (nSPS) is 18.5. The quantitative estimate of drug-likeness (QED) is 0.616. The monoisotopic (exact) mass is 377 g/mol. The highest BCUT2D eigenvalue weighted by Crippen LogP contribution is 2.32. The zero-order chi connectivity index (χ0) is 20.1. The maximum absolute atomic E-state index is 13.0. The van der Waals surface area contributed by atoms with Crippen molar-refractivity contribution in [2.24, 2.45) is 0 Å². The number of nitriles is 1. The van der Waals surface area contributed by atoms with Gasteiger partial charge >= 0.3 is 12.0 Å². The maximum atomic E-state index is 13.0. The first kappa shape index (κ1) is 19.1. The van der Waals surface area contributed by atoms with Crippen molar-refractivity contribution in [3.05, 3.63) is 71.3 Å². The third-order valence-electron chi connectivity index (χ3n) is 4.79. The predicted molar refractivity (Wildman–Crippen MR) is 99.6 cm³/mol. The Hall–Kier alpha value is -3.66. The molecule has 0 saturated carbocycles. The number of rotatable bonds is 6. The van der Waals surface area contributed by atoms with Crippen molar-refractivity contribution < 1.29 is 19.1 Å². The standard InChI is InChI=1S/C21H19N3O4/c1-2-21(17-10-4-3-5-11-17)19(26)24(20(27)23-21)13-18(25)28-14-16-9-7-6-8-15(16)12-22/h3-11H,2,13-14H2,1H3,(H,23,27). The first-order valence-corrected chi connectivity index (χ1v) is 8.85. The fourth-order valence-corrected chi connectivity index (χ4v) is 3.22. The van der Waals surface area contributed by atoms with E-state index in [9.17, 15) is 14.4 Å². The van der Waals surface area contributed by atoms with Crippen LogP contribution in [0.3, 0.4) is 0 Å². The van der Waals surface area contributed by atoms with Crippen LogP contribution >= 0.6 is 0 Å². The predicted octanol–water partition coefficient (Wildman–Crippen LogP) is 2.46. The Morgan fingerprint density at radius 2 is 1.82 bits per heavy atom. The van der Waals surface area contributed by atoms with Crippen molar-refractivity contribution in [1.82, 2.24) is 10.2 Å². The zero-order valence-corrected chi connectivity index (χ0v) is 15.3. The first-order chi connectivity index (χ1) is 13.5. The van der Waals surface area contributed by atoms with Gasteiger partial charge in [-0.25, -0.2) is 4.79 Å². The lowest BCUT2D eigenvalue weighted by Crippen LogP contribution is -2.43. The molecule has 0 aliphatic carbocycles. The number of amides is 3. The van der Waals surface area contributed by atoms with Crippen LogP contribution in [0.2, 0.25) is 0 Å². The fourth-order valence-electron chi connectivity index (χ4n) is 3.22. The number of nitrogens with one attached hydrogen (secondary N) is 1. The van der Waals surface area contributed by atoms with Gasteiger partial charge in [0.25, 0.3) is 5.91 Å². The highest BCUT2D eigenvalue weighted by molar-refractivity contribution is 6.09. The number of hydrogen-bond acceptors (Lipinski definition) is 5. The van der Waals surface area contributed by atoms with Crippen molar-refractivity contribution in [1.29, 1.82) is 5.26 Å². The Labute approximate surface area is 162 Å². The molecule has 28 heavy (non-hydrogen) atoms. The molecule has 3 rings (SSSR count). The number of benzene rings is 2. The van der Waals surface area contributed by atoms with Gasteiger partial charge in [-0.2, -0.15) is 5.26 Å². The molecule has 1 fully saturated rings. The number of carbonyl (C=O) groups excluding carboxylic acids is 3. The minimum absolute atomic E-state index is 0.107. The van der Waals surface area contributed by atoms with E-state index in [-0.39, 0.29) is 6.61 Å². The van der Waals surface area contributed by atoms with Gasteiger partial charge in [-0.15, -0.1) is 0 Å². The number of imide groups is 1. The van der Waals surface area contributed by atoms with Crippen LogP contribution < -0.4 is 5.32 Å². The van der Waals surface area contributed by atoms with Gasteiger partial charge in [-0.05, 0) is 18.1 Å². The number of urea groups is 1. The Balaban J connectivity index is 1.70. The van der Waals surface area contributed by atoms with E-state index in [2.05, 4.69) is 5.32 Å². The van der Waals surface area contributed by atoms with Crippen molar-refractivity contribution >= 4 is 17.9 Å². The molecule has 2 aromatic carbocycles. The molecule has 7 heteroatoms. The van der Waals surface area contributed by atoms with Crippen LogP contribution in [0.15, 0.2) is 54.6 Å². The topological polar surface area (TPSA) is 99.5 Å². The number of esters is 1. The van der Waals surface area contributed by atoms with Gasteiger partial charge in [0, 0.05) is 5.56 Å². The Morgan fingerprint density at radius 3 is 2.50 bits per heavy atom. The Morgan fingerprint density at radius 1 is 1.14 bits per heavy atom. The molecule has 2 aromatic rings. The van der Waals surface area contributed by atoms with Crippen LogP contribution in [0.5, 0.6) is 0 Å². The van der Waals surface area contributed by atoms with E-state index in [0.717, 1.165) is 4.90 Å². The van der Waals surface area contributed by atoms with E-state index in [1.165, 1.54) is 0 Å². The van der Waals surface area contributed by atoms with Gasteiger partial charge in [0.05, 0.1) is 11.6 Å². The number of carbonyl (C=O) groups is 3. The molecular weight excluding hydrogens is 358 g/mol. The van der Waals surface area contributed by atoms with Crippen LogP contribution in [0.1, 0.15) is 30.0 Å². The van der Waals surface area contributed by atoms with Crippen LogP contribution in [0.25, 0.3) is 0 Å². The van der Waals surface area contributed by atoms with Crippen LogP contribution in [-0.2, 0) is 26.5 Å². The van der Waals surface area contributed by atoms with Crippen molar-refractivity contribution in [2.45, 2.75) is 25.5 Å². The van der Waals surface area contributed by atoms with Gasteiger partial charge in [0.2, 0.25) is 0 Å². The van der Waals surface area contributed by atoms with E-state index in [4.69, 9.17) is 10.00 Å². The molecule has 0 aromatic heterocycles. The van der Waals surface area contributed by atoms with E-state index < -0.39 is 30.0 Å². The lowest BCUT2D eigenvalue weighted by molar-refractivity contribution is -0.149. The highest BCUT2D eigenvalue weighted by Gasteiger charge is 2.51. The molecule has 1 atom stereocenters. The summed E-state index contributed by atoms with van der Waals surface area (Å²) in [6, 6.07) is 17.1. The van der Waals surface area contributed by atoms with Gasteiger partial charge < -0.3 is 10.1 Å². The average molecular weight is 377 g/mol. The summed E-state index contributed by atoms with van der Waals surface area (Å²) < 4.78 is 5.17. The summed E-state index contributed by atoms with van der Waals surface area (Å²) in [5.74, 6) is -1.21. The third kappa shape index (κ3) is 3.45. The molecule has 7 nitrogen and oxygen atoms in total. The minimum Gasteiger partial charge on any atom is -0.459 e. The second-order valence-electron chi connectivity index (χ2n) is 6.38. The largest absolute Gasteiger partial charge is 0.459 e. The fraction of sp³-hybridized carbons (Fsp3) is 0.238. The zero-order valence-electron chi connectivity index (χ0n) is 15.3. The maximum Gasteiger partial charge on any atom is 0.326 e. The minimum atomic E-state index is -1.19. The summed E-state index contributed by atoms with van der Waals surface area (Å²) in [5.41, 5.74) is 0.434. The first-order valence-electron chi connectivity index (χ1n) is 8.85. The molecule has 1 aliphatic rings. The van der Waals surface area contributed by atoms with Crippen molar-refractivity contribution in [3.8, 4) is 6.07 Å². The van der Waals surface area contributed by atoms with Crippen LogP contribution in [0.4, 0.5) is 4.79 Å². The number of hydrogen-bond donors (Lipinski definition) is 1. The van der Waals surface area contributed by atoms with Gasteiger partial charge in [0.15, 0.2) is 0 Å². The smallest absolute Gasteiger partial charge is 0.326 e. The Kier molecular flexibility index (Phi) is 5.41. The second kappa shape index (κ2) is 7.92. The second-order valence-corrected chi connectivity index (χ2v) is 6.38. The number of nitrogens with zero attached hydrogens (tertiary/aromatic N) is 2. The lowest BCUT2D eigenvalue weighted by Gasteiger charge is -2.25. The molecule has 0 spiro atoms. The van der Waals surface area contributed by atoms with Crippen molar-refractivity contribution in [2.75, 3.05) is 6.54 Å². The van der Waals surface area contributed by atoms with Crippen LogP contribution in [-0.4, -0.2) is 29.4 Å². The summed E-state index contributed by atoms with van der Waals surface area (Å²) in [6.07, 6.45) is 0.350. The summed E-state index contributed by atoms with van der Waals surface area (Å²) in [5, 5.41) is 11.8. The lowest BCUT2D eigenvalue weighted by atomic mass is 9.87. The van der Waals surface area contributed by atoms with E-state index in [1.807, 2.05) is 12.1 Å². The van der Waals surface area contributed by atoms with Gasteiger partial charge in [-0.3, -0.25) is 14.5 Å². The summed E-state index contributed by atoms with van der Waals surface area (Å²) in [4.78, 5) is 38.4. The summed E-state index contributed by atoms with van der Waals surface area (Å²) in [6.45, 7) is 1.20. The molecule has 0 bridgehead atoms. The Bertz CT molecular complexity index is 952. The van der Waals surface area contributed by atoms with E-state index in [0.29, 0.717) is 23.1 Å². The molecule has 1 unspecified atom stereocenters. The molecule has 1 heterocycles. The van der Waals surface area contributed by atoms with Crippen molar-refractivity contribution in [3.63, 3.8) is 0 Å². The highest BCUT2D eigenvalue weighted by atomic mass is 16.5. The SMILES string of the molecule is CCC1(c2ccccc2)NC(=O)N(CC(=O)OCc2ccccc2C#N)C1=O. The summed E-state index contributed by atoms with van der Waals surface area (Å²) in [7, 11) is 0. The van der Waals surface area contributed by atoms with E-state index >= 15 is 0 Å². The molecular formula is C21H19N3O4. The van der Waals surface area contributed by atoms with Gasteiger partial charge in [0.1, 0.15) is 18.7 Å². The van der Waals surface area contributed by atoms with E-state index in [1.54, 1.807) is 55.5 Å². The molecule has 1 aliphatic heterocycles. The third-order valence-corrected chi connectivity index (χ3v) is 4.79. The molecule has 1 N–H and O–H groups in total. The molecule has 142 valence electrons. The average Bonchev–Trinajstić information content (AvgIpc) is 2.98. The molecule has 3 amide bonds. The van der Waals surface area contributed by atoms with Crippen LogP contribution in [0, 0.1) is 11.3 Å². The molecule has 1 saturated heterocycles. The summed E-state index contributed by atoms with van der Waals surface area (Å²) >= 11 is 0. The number of ether oxygens (including phenoxy) is 1. The molecule has 0 radical (unpaired) electrons. The van der Waals surface area contributed by atoms with Gasteiger partial charge in [-0.1, -0.05) is 55.5 Å².